The van der Waals surface area contributed by atoms with Gasteiger partial charge < -0.3 is 10.8 Å². The van der Waals surface area contributed by atoms with Gasteiger partial charge in [-0.05, 0) is 18.4 Å². The zero-order valence-corrected chi connectivity index (χ0v) is 7.11. The normalized spacial score (nSPS) is 12.8. The Morgan fingerprint density at radius 3 is 2.50 bits per heavy atom. The fourth-order valence-corrected chi connectivity index (χ4v) is 1.18. The molecular weight excluding hydrogens is 150 g/mol. The van der Waals surface area contributed by atoms with Gasteiger partial charge in [-0.25, -0.2) is 0 Å². The molecular formula is C10H15NO. The van der Waals surface area contributed by atoms with Crippen molar-refractivity contribution >= 4 is 0 Å². The standard InChI is InChI=1S/C10H15NO/c11-10(6-7-12)8-9-4-2-1-3-5-9/h1-5,10,12H,6-8,11H2/t10-/m0/s1. The highest BCUT2D eigenvalue weighted by Crippen LogP contribution is 2.03. The SMILES string of the molecule is N[C@@H](CCO)Cc1ccccc1. The van der Waals surface area contributed by atoms with E-state index in [0.29, 0.717) is 6.42 Å². The van der Waals surface area contributed by atoms with Crippen LogP contribution in [-0.4, -0.2) is 17.8 Å². The van der Waals surface area contributed by atoms with Crippen LogP contribution in [0.25, 0.3) is 0 Å². The van der Waals surface area contributed by atoms with Crippen molar-refractivity contribution in [1.29, 1.82) is 0 Å². The lowest BCUT2D eigenvalue weighted by Gasteiger charge is -2.08. The summed E-state index contributed by atoms with van der Waals surface area (Å²) < 4.78 is 0. The number of hydrogen-bond acceptors (Lipinski definition) is 2. The summed E-state index contributed by atoms with van der Waals surface area (Å²) in [6.07, 6.45) is 1.52. The maximum atomic E-state index is 8.63. The molecule has 12 heavy (non-hydrogen) atoms. The van der Waals surface area contributed by atoms with Crippen LogP contribution >= 0.6 is 0 Å². The smallest absolute Gasteiger partial charge is 0.0445 e. The zero-order chi connectivity index (χ0) is 8.81. The lowest BCUT2D eigenvalue weighted by Crippen LogP contribution is -2.23. The summed E-state index contributed by atoms with van der Waals surface area (Å²) in [6, 6.07) is 10.2. The third kappa shape index (κ3) is 3.03. The van der Waals surface area contributed by atoms with Crippen LogP contribution in [0.5, 0.6) is 0 Å². The fraction of sp³-hybridized carbons (Fsp3) is 0.400. The highest BCUT2D eigenvalue weighted by molar-refractivity contribution is 5.15. The third-order valence-corrected chi connectivity index (χ3v) is 1.84. The minimum Gasteiger partial charge on any atom is -0.396 e. The quantitative estimate of drug-likeness (QED) is 0.697. The van der Waals surface area contributed by atoms with Crippen LogP contribution in [0.4, 0.5) is 0 Å². The summed E-state index contributed by atoms with van der Waals surface area (Å²) in [5.74, 6) is 0. The van der Waals surface area contributed by atoms with Crippen molar-refractivity contribution in [2.24, 2.45) is 5.73 Å². The number of aliphatic hydroxyl groups is 1. The first-order chi connectivity index (χ1) is 5.83. The molecule has 0 bridgehead atoms. The molecule has 0 saturated carbocycles. The molecule has 1 rings (SSSR count). The van der Waals surface area contributed by atoms with E-state index in [9.17, 15) is 0 Å². The average molecular weight is 165 g/mol. The molecule has 0 aliphatic heterocycles. The number of aliphatic hydroxyl groups excluding tert-OH is 1. The van der Waals surface area contributed by atoms with Crippen molar-refractivity contribution in [3.8, 4) is 0 Å². The topological polar surface area (TPSA) is 46.2 Å². The summed E-state index contributed by atoms with van der Waals surface area (Å²) in [5, 5.41) is 8.63. The average Bonchev–Trinajstić information content (AvgIpc) is 2.06. The van der Waals surface area contributed by atoms with Crippen molar-refractivity contribution in [2.45, 2.75) is 18.9 Å². The van der Waals surface area contributed by atoms with E-state index < -0.39 is 0 Å². The highest BCUT2D eigenvalue weighted by atomic mass is 16.3. The Hall–Kier alpha value is -0.860. The van der Waals surface area contributed by atoms with Gasteiger partial charge in [0.2, 0.25) is 0 Å². The Labute approximate surface area is 73.0 Å². The van der Waals surface area contributed by atoms with Crippen LogP contribution < -0.4 is 5.73 Å². The van der Waals surface area contributed by atoms with Crippen LogP contribution in [0.15, 0.2) is 30.3 Å². The highest BCUT2D eigenvalue weighted by Gasteiger charge is 2.01. The van der Waals surface area contributed by atoms with Crippen molar-refractivity contribution in [3.63, 3.8) is 0 Å². The summed E-state index contributed by atoms with van der Waals surface area (Å²) in [6.45, 7) is 0.175. The van der Waals surface area contributed by atoms with E-state index >= 15 is 0 Å². The molecule has 0 heterocycles. The maximum absolute atomic E-state index is 8.63. The zero-order valence-electron chi connectivity index (χ0n) is 7.11. The van der Waals surface area contributed by atoms with Gasteiger partial charge in [0, 0.05) is 12.6 Å². The molecule has 66 valence electrons. The lowest BCUT2D eigenvalue weighted by atomic mass is 10.0. The van der Waals surface area contributed by atoms with Crippen LogP contribution in [0.3, 0.4) is 0 Å². The molecule has 0 spiro atoms. The Balaban J connectivity index is 2.41. The second-order valence-corrected chi connectivity index (χ2v) is 2.96. The van der Waals surface area contributed by atoms with Gasteiger partial charge in [-0.3, -0.25) is 0 Å². The predicted octanol–water partition coefficient (Wildman–Crippen LogP) is 0.939. The summed E-state index contributed by atoms with van der Waals surface area (Å²) in [7, 11) is 0. The number of nitrogens with two attached hydrogens (primary N) is 1. The van der Waals surface area contributed by atoms with Crippen molar-refractivity contribution in [1.82, 2.24) is 0 Å². The second kappa shape index (κ2) is 4.91. The van der Waals surface area contributed by atoms with E-state index in [1.54, 1.807) is 0 Å². The fourth-order valence-electron chi connectivity index (χ4n) is 1.18. The Bertz CT molecular complexity index is 210. The molecule has 2 nitrogen and oxygen atoms in total. The van der Waals surface area contributed by atoms with Gasteiger partial charge in [0.15, 0.2) is 0 Å². The monoisotopic (exact) mass is 165 g/mol. The van der Waals surface area contributed by atoms with Crippen LogP contribution in [0, 0.1) is 0 Å². The molecule has 0 aromatic heterocycles. The van der Waals surface area contributed by atoms with Crippen molar-refractivity contribution in [2.75, 3.05) is 6.61 Å². The molecule has 0 aliphatic carbocycles. The Morgan fingerprint density at radius 1 is 1.25 bits per heavy atom. The minimum absolute atomic E-state index is 0.0809. The second-order valence-electron chi connectivity index (χ2n) is 2.96. The molecule has 3 N–H and O–H groups in total. The molecule has 0 radical (unpaired) electrons. The largest absolute Gasteiger partial charge is 0.396 e. The van der Waals surface area contributed by atoms with Gasteiger partial charge in [0.05, 0.1) is 0 Å². The Kier molecular flexibility index (Phi) is 3.77. The van der Waals surface area contributed by atoms with Gasteiger partial charge in [0.1, 0.15) is 0 Å². The van der Waals surface area contributed by atoms with E-state index in [1.807, 2.05) is 18.2 Å². The molecule has 0 aliphatic rings. The van der Waals surface area contributed by atoms with Gasteiger partial charge >= 0.3 is 0 Å². The molecule has 0 fully saturated rings. The molecule has 2 heteroatoms. The summed E-state index contributed by atoms with van der Waals surface area (Å²) in [5.41, 5.74) is 6.99. The van der Waals surface area contributed by atoms with Crippen molar-refractivity contribution < 1.29 is 5.11 Å². The molecule has 0 amide bonds. The minimum atomic E-state index is 0.0809. The first-order valence-corrected chi connectivity index (χ1v) is 4.23. The van der Waals surface area contributed by atoms with Gasteiger partial charge in [0.25, 0.3) is 0 Å². The first-order valence-electron chi connectivity index (χ1n) is 4.23. The summed E-state index contributed by atoms with van der Waals surface area (Å²) in [4.78, 5) is 0. The summed E-state index contributed by atoms with van der Waals surface area (Å²) >= 11 is 0. The van der Waals surface area contributed by atoms with E-state index in [1.165, 1.54) is 5.56 Å². The maximum Gasteiger partial charge on any atom is 0.0445 e. The van der Waals surface area contributed by atoms with E-state index in [0.717, 1.165) is 6.42 Å². The molecule has 0 saturated heterocycles. The van der Waals surface area contributed by atoms with Crippen LogP contribution in [-0.2, 0) is 6.42 Å². The predicted molar refractivity (Wildman–Crippen MR) is 49.8 cm³/mol. The Morgan fingerprint density at radius 2 is 1.92 bits per heavy atom. The lowest BCUT2D eigenvalue weighted by molar-refractivity contribution is 0.275. The molecule has 1 aromatic carbocycles. The number of hydrogen-bond donors (Lipinski definition) is 2. The number of benzene rings is 1. The van der Waals surface area contributed by atoms with E-state index in [4.69, 9.17) is 10.8 Å². The van der Waals surface area contributed by atoms with Crippen LogP contribution in [0.1, 0.15) is 12.0 Å². The third-order valence-electron chi connectivity index (χ3n) is 1.84. The van der Waals surface area contributed by atoms with Gasteiger partial charge in [-0.1, -0.05) is 30.3 Å². The van der Waals surface area contributed by atoms with Crippen molar-refractivity contribution in [3.05, 3.63) is 35.9 Å². The molecule has 0 unspecified atom stereocenters. The van der Waals surface area contributed by atoms with E-state index in [2.05, 4.69) is 12.1 Å². The van der Waals surface area contributed by atoms with E-state index in [-0.39, 0.29) is 12.6 Å². The molecule has 1 aromatic rings. The number of rotatable bonds is 4. The van der Waals surface area contributed by atoms with Gasteiger partial charge in [-0.2, -0.15) is 0 Å². The van der Waals surface area contributed by atoms with Crippen LogP contribution in [0.2, 0.25) is 0 Å². The van der Waals surface area contributed by atoms with Gasteiger partial charge in [-0.15, -0.1) is 0 Å². The first kappa shape index (κ1) is 9.23. The molecule has 1 atom stereocenters.